The molecule has 0 saturated carbocycles. The molecule has 30 heavy (non-hydrogen) atoms. The van der Waals surface area contributed by atoms with Crippen LogP contribution in [0.1, 0.15) is 11.1 Å². The zero-order chi connectivity index (χ0) is 20.7. The average Bonchev–Trinajstić information content (AvgIpc) is 3.02. The number of rotatable bonds is 4. The molecule has 0 fully saturated rings. The van der Waals surface area contributed by atoms with Crippen molar-refractivity contribution in [3.8, 4) is 0 Å². The van der Waals surface area contributed by atoms with E-state index < -0.39 is 11.1 Å². The van der Waals surface area contributed by atoms with Crippen molar-refractivity contribution in [1.29, 1.82) is 0 Å². The van der Waals surface area contributed by atoms with Crippen molar-refractivity contribution in [3.05, 3.63) is 115 Å². The zero-order valence-electron chi connectivity index (χ0n) is 16.0. The zero-order valence-corrected chi connectivity index (χ0v) is 16.0. The molecule has 0 saturated heterocycles. The molecule has 7 nitrogen and oxygen atoms in total. The minimum absolute atomic E-state index is 0.194. The fourth-order valence-corrected chi connectivity index (χ4v) is 3.82. The molecule has 148 valence electrons. The molecule has 0 radical (unpaired) electrons. The van der Waals surface area contributed by atoms with Crippen LogP contribution in [0.2, 0.25) is 0 Å². The number of nitrogens with zero attached hydrogens (tertiary/aromatic N) is 2. The van der Waals surface area contributed by atoms with Gasteiger partial charge in [0.2, 0.25) is 0 Å². The second-order valence-corrected chi connectivity index (χ2v) is 7.22. The van der Waals surface area contributed by atoms with Crippen LogP contribution in [0.4, 0.5) is 0 Å². The quantitative estimate of drug-likeness (QED) is 0.487. The molecule has 0 aliphatic heterocycles. The van der Waals surface area contributed by atoms with E-state index in [1.807, 2.05) is 60.7 Å². The Bertz CT molecular complexity index is 1430. The molecule has 2 N–H and O–H groups in total. The normalized spacial score (nSPS) is 11.3. The summed E-state index contributed by atoms with van der Waals surface area (Å²) in [5.74, 6) is 0. The first-order valence-electron chi connectivity index (χ1n) is 9.57. The van der Waals surface area contributed by atoms with Gasteiger partial charge >= 0.3 is 5.69 Å². The van der Waals surface area contributed by atoms with Crippen LogP contribution in [-0.2, 0) is 13.1 Å². The molecule has 2 aromatic heterocycles. The summed E-state index contributed by atoms with van der Waals surface area (Å²) >= 11 is 0. The van der Waals surface area contributed by atoms with Crippen LogP contribution >= 0.6 is 0 Å². The third-order valence-corrected chi connectivity index (χ3v) is 5.30. The maximum Gasteiger partial charge on any atom is 0.329 e. The first kappa shape index (κ1) is 17.9. The van der Waals surface area contributed by atoms with Crippen molar-refractivity contribution in [2.75, 3.05) is 0 Å². The first-order chi connectivity index (χ1) is 14.6. The number of aromatic amines is 2. The number of imidazole rings is 1. The molecule has 0 aliphatic carbocycles. The van der Waals surface area contributed by atoms with Crippen LogP contribution in [0.3, 0.4) is 0 Å². The van der Waals surface area contributed by atoms with Crippen molar-refractivity contribution in [2.24, 2.45) is 0 Å². The highest BCUT2D eigenvalue weighted by Crippen LogP contribution is 2.20. The summed E-state index contributed by atoms with van der Waals surface area (Å²) in [4.78, 5) is 38.0. The highest BCUT2D eigenvalue weighted by Gasteiger charge is 2.17. The van der Waals surface area contributed by atoms with E-state index >= 15 is 0 Å². The Morgan fingerprint density at radius 1 is 0.600 bits per heavy atom. The average molecular weight is 398 g/mol. The third-order valence-electron chi connectivity index (χ3n) is 5.30. The molecule has 0 amide bonds. The van der Waals surface area contributed by atoms with Crippen LogP contribution < -0.4 is 16.8 Å². The lowest BCUT2D eigenvalue weighted by Crippen LogP contribution is -2.25. The van der Waals surface area contributed by atoms with E-state index in [0.717, 1.165) is 11.1 Å². The van der Waals surface area contributed by atoms with Crippen LogP contribution in [0, 0.1) is 0 Å². The summed E-state index contributed by atoms with van der Waals surface area (Å²) in [7, 11) is 0. The van der Waals surface area contributed by atoms with Gasteiger partial charge in [0, 0.05) is 0 Å². The van der Waals surface area contributed by atoms with Crippen molar-refractivity contribution in [1.82, 2.24) is 19.3 Å². The molecule has 0 atom stereocenters. The van der Waals surface area contributed by atoms with Crippen molar-refractivity contribution >= 4 is 21.8 Å². The van der Waals surface area contributed by atoms with Gasteiger partial charge in [0.05, 0.1) is 34.9 Å². The van der Waals surface area contributed by atoms with Gasteiger partial charge in [-0.2, -0.15) is 0 Å². The first-order valence-corrected chi connectivity index (χ1v) is 9.57. The third kappa shape index (κ3) is 2.97. The number of benzene rings is 3. The fraction of sp³-hybridized carbons (Fsp3) is 0.0870. The lowest BCUT2D eigenvalue weighted by atomic mass is 10.1. The van der Waals surface area contributed by atoms with Crippen molar-refractivity contribution < 1.29 is 0 Å². The highest BCUT2D eigenvalue weighted by molar-refractivity contribution is 5.94. The van der Waals surface area contributed by atoms with E-state index in [0.29, 0.717) is 24.1 Å². The Morgan fingerprint density at radius 3 is 1.40 bits per heavy atom. The van der Waals surface area contributed by atoms with E-state index in [1.165, 1.54) is 0 Å². The molecular formula is C23H18N4O3. The summed E-state index contributed by atoms with van der Waals surface area (Å²) < 4.78 is 3.29. The Balaban J connectivity index is 1.81. The molecule has 5 aromatic rings. The second-order valence-electron chi connectivity index (χ2n) is 7.22. The SMILES string of the molecule is O=c1[nH][nH]c(=O)c2cc3c(cc12)n(Cc1ccccc1)c(=O)n3Cc1ccccc1. The van der Waals surface area contributed by atoms with Gasteiger partial charge in [-0.3, -0.25) is 28.9 Å². The molecule has 5 rings (SSSR count). The summed E-state index contributed by atoms with van der Waals surface area (Å²) in [6.45, 7) is 0.731. The monoisotopic (exact) mass is 398 g/mol. The van der Waals surface area contributed by atoms with Crippen molar-refractivity contribution in [2.45, 2.75) is 13.1 Å². The molecule has 0 unspecified atom stereocenters. The Hall–Kier alpha value is -4.13. The summed E-state index contributed by atoms with van der Waals surface area (Å²) in [5, 5.41) is 5.21. The minimum atomic E-state index is -0.402. The maximum absolute atomic E-state index is 13.4. The van der Waals surface area contributed by atoms with E-state index in [4.69, 9.17) is 0 Å². The van der Waals surface area contributed by atoms with Crippen LogP contribution in [0.5, 0.6) is 0 Å². The van der Waals surface area contributed by atoms with Gasteiger partial charge in [-0.25, -0.2) is 4.79 Å². The molecule has 7 heteroatoms. The number of nitrogens with one attached hydrogen (secondary N) is 2. The topological polar surface area (TPSA) is 92.7 Å². The molecule has 0 spiro atoms. The van der Waals surface area contributed by atoms with Gasteiger partial charge in [-0.1, -0.05) is 60.7 Å². The van der Waals surface area contributed by atoms with Gasteiger partial charge in [-0.15, -0.1) is 0 Å². The molecular weight excluding hydrogens is 380 g/mol. The van der Waals surface area contributed by atoms with Gasteiger partial charge < -0.3 is 0 Å². The van der Waals surface area contributed by atoms with Crippen LogP contribution in [0.15, 0.2) is 87.2 Å². The largest absolute Gasteiger partial charge is 0.329 e. The van der Waals surface area contributed by atoms with Gasteiger partial charge in [0.1, 0.15) is 0 Å². The Labute approximate surface area is 169 Å². The lowest BCUT2D eigenvalue weighted by molar-refractivity contribution is 0.701. The van der Waals surface area contributed by atoms with Gasteiger partial charge in [0.15, 0.2) is 0 Å². The predicted octanol–water partition coefficient (Wildman–Crippen LogP) is 2.43. The smallest absolute Gasteiger partial charge is 0.287 e. The summed E-state index contributed by atoms with van der Waals surface area (Å²) in [6, 6.07) is 22.6. The predicted molar refractivity (Wildman–Crippen MR) is 116 cm³/mol. The van der Waals surface area contributed by atoms with E-state index in [2.05, 4.69) is 10.2 Å². The second kappa shape index (κ2) is 7.04. The number of fused-ring (bicyclic) bond motifs is 2. The Kier molecular flexibility index (Phi) is 4.21. The van der Waals surface area contributed by atoms with E-state index in [-0.39, 0.29) is 16.5 Å². The molecule has 2 heterocycles. The standard InChI is InChI=1S/C23H18N4O3/c28-21-17-11-19-20(12-18(17)22(29)25-24-21)27(14-16-9-5-2-6-10-16)23(30)26(19)13-15-7-3-1-4-8-15/h1-12H,13-14H2,(H,24,28)(H,25,29). The number of hydrogen-bond donors (Lipinski definition) is 2. The van der Waals surface area contributed by atoms with Crippen LogP contribution in [0.25, 0.3) is 21.8 Å². The minimum Gasteiger partial charge on any atom is -0.287 e. The number of aromatic nitrogens is 4. The number of hydrogen-bond acceptors (Lipinski definition) is 3. The van der Waals surface area contributed by atoms with Crippen molar-refractivity contribution in [3.63, 3.8) is 0 Å². The molecule has 0 bridgehead atoms. The van der Waals surface area contributed by atoms with E-state index in [9.17, 15) is 14.4 Å². The van der Waals surface area contributed by atoms with Crippen LogP contribution in [-0.4, -0.2) is 19.3 Å². The molecule has 3 aromatic carbocycles. The van der Waals surface area contributed by atoms with Gasteiger partial charge in [0.25, 0.3) is 11.1 Å². The fourth-order valence-electron chi connectivity index (χ4n) is 3.82. The summed E-state index contributed by atoms with van der Waals surface area (Å²) in [5.41, 5.74) is 2.17. The van der Waals surface area contributed by atoms with E-state index in [1.54, 1.807) is 21.3 Å². The van der Waals surface area contributed by atoms with Gasteiger partial charge in [-0.05, 0) is 23.3 Å². The Morgan fingerprint density at radius 2 is 1.00 bits per heavy atom. The number of H-pyrrole nitrogens is 2. The lowest BCUT2D eigenvalue weighted by Gasteiger charge is -2.04. The maximum atomic E-state index is 13.4. The molecule has 0 aliphatic rings. The summed E-state index contributed by atoms with van der Waals surface area (Å²) in [6.07, 6.45) is 0. The highest BCUT2D eigenvalue weighted by atomic mass is 16.2.